The normalized spacial score (nSPS) is 10.9. The molecule has 0 saturated heterocycles. The van der Waals surface area contributed by atoms with E-state index >= 15 is 0 Å². The number of benzene rings is 2. The predicted octanol–water partition coefficient (Wildman–Crippen LogP) is 3.75. The molecule has 0 spiro atoms. The van der Waals surface area contributed by atoms with Crippen molar-refractivity contribution in [3.63, 3.8) is 0 Å². The van der Waals surface area contributed by atoms with Crippen LogP contribution in [-0.2, 0) is 13.5 Å². The van der Waals surface area contributed by atoms with Gasteiger partial charge in [0, 0.05) is 19.2 Å². The second kappa shape index (κ2) is 7.60. The maximum Gasteiger partial charge on any atom is 0.252 e. The number of amides is 1. The Labute approximate surface area is 161 Å². The van der Waals surface area contributed by atoms with E-state index in [9.17, 15) is 9.18 Å². The maximum atomic E-state index is 13.0. The van der Waals surface area contributed by atoms with E-state index in [0.717, 1.165) is 16.8 Å². The van der Waals surface area contributed by atoms with E-state index in [1.54, 1.807) is 36.1 Å². The van der Waals surface area contributed by atoms with Crippen molar-refractivity contribution in [1.82, 2.24) is 20.1 Å². The summed E-state index contributed by atoms with van der Waals surface area (Å²) in [4.78, 5) is 17.5. The van der Waals surface area contributed by atoms with Gasteiger partial charge in [-0.25, -0.2) is 9.37 Å². The lowest BCUT2D eigenvalue weighted by atomic mass is 10.1. The van der Waals surface area contributed by atoms with Gasteiger partial charge in [0.25, 0.3) is 5.91 Å². The van der Waals surface area contributed by atoms with Crippen LogP contribution in [0.3, 0.4) is 0 Å². The molecule has 0 aliphatic rings. The fraction of sp³-hybridized carbons (Fsp3) is 0.136. The number of rotatable bonds is 5. The van der Waals surface area contributed by atoms with Gasteiger partial charge in [-0.05, 0) is 30.2 Å². The number of aryl methyl sites for hydroxylation is 1. The van der Waals surface area contributed by atoms with Crippen LogP contribution in [0.15, 0.2) is 66.9 Å². The number of hydrogen-bond donors (Lipinski definition) is 1. The van der Waals surface area contributed by atoms with Gasteiger partial charge in [0.1, 0.15) is 5.82 Å². The first-order valence-corrected chi connectivity index (χ1v) is 9.02. The van der Waals surface area contributed by atoms with Gasteiger partial charge >= 0.3 is 0 Å². The Kier molecular flexibility index (Phi) is 4.85. The Morgan fingerprint density at radius 2 is 1.86 bits per heavy atom. The number of aromatic nitrogens is 3. The maximum absolute atomic E-state index is 13.0. The average Bonchev–Trinajstić information content (AvgIpc) is 3.10. The molecule has 4 rings (SSSR count). The molecule has 0 saturated carbocycles. The summed E-state index contributed by atoms with van der Waals surface area (Å²) in [6, 6.07) is 17.8. The van der Waals surface area contributed by atoms with Gasteiger partial charge in [-0.2, -0.15) is 5.10 Å². The minimum atomic E-state index is -0.267. The summed E-state index contributed by atoms with van der Waals surface area (Å²) >= 11 is 0. The summed E-state index contributed by atoms with van der Waals surface area (Å²) in [6.07, 6.45) is 2.28. The largest absolute Gasteiger partial charge is 0.352 e. The van der Waals surface area contributed by atoms with E-state index in [4.69, 9.17) is 0 Å². The SMILES string of the molecule is Cn1ncc2c(C(=O)NCCc3ccc(F)cc3)cc(-c3ccccc3)nc21. The quantitative estimate of drug-likeness (QED) is 0.579. The summed E-state index contributed by atoms with van der Waals surface area (Å²) in [5.74, 6) is -0.448. The molecule has 4 aromatic rings. The molecule has 140 valence electrons. The van der Waals surface area contributed by atoms with Crippen LogP contribution in [0.25, 0.3) is 22.3 Å². The molecule has 2 heterocycles. The topological polar surface area (TPSA) is 59.8 Å². The zero-order chi connectivity index (χ0) is 19.5. The van der Waals surface area contributed by atoms with Crippen molar-refractivity contribution < 1.29 is 9.18 Å². The van der Waals surface area contributed by atoms with Gasteiger partial charge in [-0.3, -0.25) is 9.48 Å². The van der Waals surface area contributed by atoms with Crippen LogP contribution in [0.1, 0.15) is 15.9 Å². The molecule has 28 heavy (non-hydrogen) atoms. The fourth-order valence-corrected chi connectivity index (χ4v) is 3.13. The van der Waals surface area contributed by atoms with Crippen LogP contribution >= 0.6 is 0 Å². The molecule has 5 nitrogen and oxygen atoms in total. The number of carbonyl (C=O) groups is 1. The Hall–Kier alpha value is -3.54. The first-order chi connectivity index (χ1) is 13.6. The van der Waals surface area contributed by atoms with E-state index in [1.165, 1.54) is 12.1 Å². The van der Waals surface area contributed by atoms with Crippen molar-refractivity contribution in [2.24, 2.45) is 7.05 Å². The van der Waals surface area contributed by atoms with Crippen LogP contribution in [-0.4, -0.2) is 27.2 Å². The standard InChI is InChI=1S/C22H19FN4O/c1-27-21-19(14-25-27)18(13-20(26-21)16-5-3-2-4-6-16)22(28)24-12-11-15-7-9-17(23)10-8-15/h2-10,13-14H,11-12H2,1H3,(H,24,28). The van der Waals surface area contributed by atoms with Crippen molar-refractivity contribution in [3.05, 3.63) is 83.8 Å². The monoisotopic (exact) mass is 374 g/mol. The molecule has 2 aromatic heterocycles. The molecule has 0 atom stereocenters. The number of carbonyl (C=O) groups excluding carboxylic acids is 1. The lowest BCUT2D eigenvalue weighted by Gasteiger charge is -2.09. The molecule has 2 aromatic carbocycles. The summed E-state index contributed by atoms with van der Waals surface area (Å²) in [5.41, 5.74) is 3.82. The number of fused-ring (bicyclic) bond motifs is 1. The van der Waals surface area contributed by atoms with E-state index < -0.39 is 0 Å². The highest BCUT2D eigenvalue weighted by Crippen LogP contribution is 2.24. The summed E-state index contributed by atoms with van der Waals surface area (Å²) in [7, 11) is 1.81. The first kappa shape index (κ1) is 17.9. The van der Waals surface area contributed by atoms with Gasteiger partial charge in [0.05, 0.1) is 22.8 Å². The molecule has 0 unspecified atom stereocenters. The van der Waals surface area contributed by atoms with Crippen LogP contribution < -0.4 is 5.32 Å². The van der Waals surface area contributed by atoms with Gasteiger partial charge in [-0.1, -0.05) is 42.5 Å². The minimum absolute atomic E-state index is 0.181. The smallest absolute Gasteiger partial charge is 0.252 e. The Morgan fingerprint density at radius 3 is 2.61 bits per heavy atom. The Balaban J connectivity index is 1.59. The zero-order valence-corrected chi connectivity index (χ0v) is 15.4. The molecule has 1 amide bonds. The molecule has 0 aliphatic heterocycles. The summed E-state index contributed by atoms with van der Waals surface area (Å²) in [6.45, 7) is 0.454. The summed E-state index contributed by atoms with van der Waals surface area (Å²) in [5, 5.41) is 7.90. The third-order valence-corrected chi connectivity index (χ3v) is 4.63. The summed E-state index contributed by atoms with van der Waals surface area (Å²) < 4.78 is 14.7. The lowest BCUT2D eigenvalue weighted by Crippen LogP contribution is -2.26. The molecular formula is C22H19FN4O. The van der Waals surface area contributed by atoms with Crippen molar-refractivity contribution in [1.29, 1.82) is 0 Å². The number of hydrogen-bond acceptors (Lipinski definition) is 3. The van der Waals surface area contributed by atoms with Crippen LogP contribution in [0, 0.1) is 5.82 Å². The average molecular weight is 374 g/mol. The molecule has 6 heteroatoms. The second-order valence-corrected chi connectivity index (χ2v) is 6.56. The molecule has 0 fully saturated rings. The van der Waals surface area contributed by atoms with E-state index in [-0.39, 0.29) is 11.7 Å². The Bertz CT molecular complexity index is 1120. The number of pyridine rings is 1. The minimum Gasteiger partial charge on any atom is -0.352 e. The van der Waals surface area contributed by atoms with Crippen molar-refractivity contribution in [3.8, 4) is 11.3 Å². The van der Waals surface area contributed by atoms with Crippen molar-refractivity contribution in [2.75, 3.05) is 6.54 Å². The number of nitrogens with zero attached hydrogens (tertiary/aromatic N) is 3. The van der Waals surface area contributed by atoms with Crippen LogP contribution in [0.2, 0.25) is 0 Å². The highest BCUT2D eigenvalue weighted by Gasteiger charge is 2.16. The van der Waals surface area contributed by atoms with E-state index in [1.807, 2.05) is 30.3 Å². The van der Waals surface area contributed by atoms with Crippen molar-refractivity contribution in [2.45, 2.75) is 6.42 Å². The van der Waals surface area contributed by atoms with Crippen LogP contribution in [0.5, 0.6) is 0 Å². The molecule has 0 bridgehead atoms. The lowest BCUT2D eigenvalue weighted by molar-refractivity contribution is 0.0955. The zero-order valence-electron chi connectivity index (χ0n) is 15.4. The first-order valence-electron chi connectivity index (χ1n) is 9.02. The number of halogens is 1. The highest BCUT2D eigenvalue weighted by molar-refractivity contribution is 6.06. The molecule has 0 aliphatic carbocycles. The van der Waals surface area contributed by atoms with Crippen LogP contribution in [0.4, 0.5) is 4.39 Å². The van der Waals surface area contributed by atoms with Crippen molar-refractivity contribution >= 4 is 16.9 Å². The van der Waals surface area contributed by atoms with Gasteiger partial charge in [0.2, 0.25) is 0 Å². The highest BCUT2D eigenvalue weighted by atomic mass is 19.1. The van der Waals surface area contributed by atoms with E-state index in [0.29, 0.717) is 29.6 Å². The second-order valence-electron chi connectivity index (χ2n) is 6.56. The number of nitrogens with one attached hydrogen (secondary N) is 1. The third-order valence-electron chi connectivity index (χ3n) is 4.63. The van der Waals surface area contributed by atoms with Gasteiger partial charge in [-0.15, -0.1) is 0 Å². The van der Waals surface area contributed by atoms with E-state index in [2.05, 4.69) is 15.4 Å². The third kappa shape index (κ3) is 3.62. The fourth-order valence-electron chi connectivity index (χ4n) is 3.13. The molecule has 0 radical (unpaired) electrons. The Morgan fingerprint density at radius 1 is 1.11 bits per heavy atom. The predicted molar refractivity (Wildman–Crippen MR) is 106 cm³/mol. The van der Waals surface area contributed by atoms with Gasteiger partial charge < -0.3 is 5.32 Å². The van der Waals surface area contributed by atoms with Gasteiger partial charge in [0.15, 0.2) is 5.65 Å². The molecule has 1 N–H and O–H groups in total. The molecular weight excluding hydrogens is 355 g/mol.